The minimum absolute atomic E-state index is 0.642. The van der Waals surface area contributed by atoms with E-state index in [1.807, 2.05) is 19.1 Å². The van der Waals surface area contributed by atoms with E-state index >= 15 is 0 Å². The number of hydrogen-bond donors (Lipinski definition) is 3. The van der Waals surface area contributed by atoms with E-state index < -0.39 is 0 Å². The number of nitrogens with zero attached hydrogens (tertiary/aromatic N) is 1. The number of likely N-dealkylation sites (N-methyl/N-ethyl adjacent to an activating group) is 1. The molecule has 0 heterocycles. The van der Waals surface area contributed by atoms with Gasteiger partial charge >= 0.3 is 0 Å². The summed E-state index contributed by atoms with van der Waals surface area (Å²) in [5.41, 5.74) is 13.7. The van der Waals surface area contributed by atoms with Crippen LogP contribution < -0.4 is 16.8 Å². The van der Waals surface area contributed by atoms with Gasteiger partial charge in [-0.2, -0.15) is 0 Å². The zero-order valence-electron chi connectivity index (χ0n) is 13.1. The lowest BCUT2D eigenvalue weighted by Gasteiger charge is -2.16. The molecule has 0 unspecified atom stereocenters. The van der Waals surface area contributed by atoms with Gasteiger partial charge in [-0.15, -0.1) is 0 Å². The maximum atomic E-state index is 5.86. The van der Waals surface area contributed by atoms with Crippen LogP contribution in [0.2, 0.25) is 0 Å². The van der Waals surface area contributed by atoms with E-state index in [2.05, 4.69) is 17.3 Å². The first-order valence-corrected chi connectivity index (χ1v) is 7.36. The van der Waals surface area contributed by atoms with Crippen molar-refractivity contribution in [2.75, 3.05) is 69.9 Å². The van der Waals surface area contributed by atoms with Gasteiger partial charge in [0.15, 0.2) is 0 Å². The summed E-state index contributed by atoms with van der Waals surface area (Å²) >= 11 is 0. The maximum absolute atomic E-state index is 5.86. The average molecular weight is 296 g/mol. The Balaban J connectivity index is 2.04. The van der Waals surface area contributed by atoms with E-state index in [4.69, 9.17) is 20.9 Å². The first-order valence-electron chi connectivity index (χ1n) is 7.36. The van der Waals surface area contributed by atoms with Crippen LogP contribution in [0, 0.1) is 0 Å². The van der Waals surface area contributed by atoms with Crippen molar-refractivity contribution in [3.05, 3.63) is 18.2 Å². The predicted octanol–water partition coefficient (Wildman–Crippen LogP) is 1.25. The molecule has 0 saturated carbocycles. The van der Waals surface area contributed by atoms with Crippen molar-refractivity contribution in [3.63, 3.8) is 0 Å². The summed E-state index contributed by atoms with van der Waals surface area (Å²) < 4.78 is 10.9. The van der Waals surface area contributed by atoms with E-state index in [1.165, 1.54) is 0 Å². The Morgan fingerprint density at radius 3 is 2.48 bits per heavy atom. The van der Waals surface area contributed by atoms with Gasteiger partial charge in [-0.3, -0.25) is 0 Å². The second-order valence-corrected chi connectivity index (χ2v) is 4.89. The van der Waals surface area contributed by atoms with Crippen molar-refractivity contribution in [2.24, 2.45) is 0 Å². The molecule has 0 radical (unpaired) electrons. The number of nitrogen functional groups attached to an aromatic ring is 2. The molecule has 0 aliphatic rings. The Morgan fingerprint density at radius 1 is 1.10 bits per heavy atom. The van der Waals surface area contributed by atoms with Gasteiger partial charge in [-0.05, 0) is 32.2 Å². The Kier molecular flexibility index (Phi) is 8.57. The van der Waals surface area contributed by atoms with Crippen molar-refractivity contribution >= 4 is 17.1 Å². The van der Waals surface area contributed by atoms with Crippen molar-refractivity contribution in [2.45, 2.75) is 6.92 Å². The largest absolute Gasteiger partial charge is 0.399 e. The number of nitrogens with one attached hydrogen (secondary N) is 1. The molecule has 1 aromatic carbocycles. The molecule has 0 bridgehead atoms. The van der Waals surface area contributed by atoms with Crippen LogP contribution in [0.4, 0.5) is 17.1 Å². The number of rotatable bonds is 11. The highest BCUT2D eigenvalue weighted by Crippen LogP contribution is 2.20. The minimum atomic E-state index is 0.642. The third-order valence-electron chi connectivity index (χ3n) is 3.08. The van der Waals surface area contributed by atoms with Crippen LogP contribution in [0.3, 0.4) is 0 Å². The van der Waals surface area contributed by atoms with E-state index in [9.17, 15) is 0 Å². The summed E-state index contributed by atoms with van der Waals surface area (Å²) in [5.74, 6) is 0. The number of anilines is 3. The summed E-state index contributed by atoms with van der Waals surface area (Å²) in [6.07, 6.45) is 0. The van der Waals surface area contributed by atoms with E-state index in [0.29, 0.717) is 24.6 Å². The fourth-order valence-corrected chi connectivity index (χ4v) is 1.80. The highest BCUT2D eigenvalue weighted by atomic mass is 16.5. The molecule has 21 heavy (non-hydrogen) atoms. The van der Waals surface area contributed by atoms with Crippen LogP contribution in [-0.4, -0.2) is 58.0 Å². The van der Waals surface area contributed by atoms with Gasteiger partial charge in [0.25, 0.3) is 0 Å². The average Bonchev–Trinajstić information content (AvgIpc) is 2.45. The summed E-state index contributed by atoms with van der Waals surface area (Å²) in [5, 5.41) is 3.23. The van der Waals surface area contributed by atoms with Gasteiger partial charge in [0.05, 0.1) is 31.2 Å². The fraction of sp³-hybridized carbons (Fsp3) is 0.600. The molecule has 0 aromatic heterocycles. The second-order valence-electron chi connectivity index (χ2n) is 4.89. The normalized spacial score (nSPS) is 11.0. The van der Waals surface area contributed by atoms with Gasteiger partial charge < -0.3 is 31.2 Å². The van der Waals surface area contributed by atoms with Crippen LogP contribution >= 0.6 is 0 Å². The number of hydrogen-bond acceptors (Lipinski definition) is 6. The second kappa shape index (κ2) is 10.3. The van der Waals surface area contributed by atoms with E-state index in [0.717, 1.165) is 38.5 Å². The molecule has 0 saturated heterocycles. The summed E-state index contributed by atoms with van der Waals surface area (Å²) in [4.78, 5) is 2.20. The zero-order chi connectivity index (χ0) is 15.5. The van der Waals surface area contributed by atoms with Crippen molar-refractivity contribution in [3.8, 4) is 0 Å². The fourth-order valence-electron chi connectivity index (χ4n) is 1.80. The first-order chi connectivity index (χ1) is 10.1. The lowest BCUT2D eigenvalue weighted by molar-refractivity contribution is 0.0923. The van der Waals surface area contributed by atoms with Crippen LogP contribution in [0.5, 0.6) is 0 Å². The van der Waals surface area contributed by atoms with Crippen molar-refractivity contribution < 1.29 is 9.47 Å². The van der Waals surface area contributed by atoms with Crippen molar-refractivity contribution in [1.29, 1.82) is 0 Å². The number of ether oxygens (including phenoxy) is 2. The summed E-state index contributed by atoms with van der Waals surface area (Å²) in [6, 6.07) is 5.45. The third-order valence-corrected chi connectivity index (χ3v) is 3.08. The molecular formula is C15H28N4O2. The Hall–Kier alpha value is -1.50. The SMILES string of the molecule is CCOCCN(C)CCOCCNc1ccc(N)cc1N. The molecule has 0 atom stereocenters. The quantitative estimate of drug-likeness (QED) is 0.421. The Labute approximate surface area is 127 Å². The molecular weight excluding hydrogens is 268 g/mol. The molecule has 6 nitrogen and oxygen atoms in total. The topological polar surface area (TPSA) is 85.8 Å². The molecule has 0 aliphatic carbocycles. The van der Waals surface area contributed by atoms with Gasteiger partial charge in [-0.1, -0.05) is 0 Å². The maximum Gasteiger partial charge on any atom is 0.0639 e. The molecule has 0 aliphatic heterocycles. The molecule has 0 amide bonds. The zero-order valence-corrected chi connectivity index (χ0v) is 13.1. The summed E-state index contributed by atoms with van der Waals surface area (Å²) in [7, 11) is 2.07. The van der Waals surface area contributed by atoms with Gasteiger partial charge in [0.2, 0.25) is 0 Å². The molecule has 120 valence electrons. The lowest BCUT2D eigenvalue weighted by atomic mass is 10.2. The molecule has 1 rings (SSSR count). The highest BCUT2D eigenvalue weighted by Gasteiger charge is 2.00. The number of nitrogens with two attached hydrogens (primary N) is 2. The Morgan fingerprint density at radius 2 is 1.81 bits per heavy atom. The smallest absolute Gasteiger partial charge is 0.0639 e. The minimum Gasteiger partial charge on any atom is -0.399 e. The van der Waals surface area contributed by atoms with Crippen LogP contribution in [0.25, 0.3) is 0 Å². The Bertz CT molecular complexity index is 401. The lowest BCUT2D eigenvalue weighted by Crippen LogP contribution is -2.27. The standard InChI is InChI=1S/C15H28N4O2/c1-3-20-10-7-19(2)8-11-21-9-6-18-15-5-4-13(16)12-14(15)17/h4-5,12,18H,3,6-11,16-17H2,1-2H3. The molecule has 0 spiro atoms. The van der Waals surface area contributed by atoms with E-state index in [1.54, 1.807) is 6.07 Å². The van der Waals surface area contributed by atoms with Gasteiger partial charge in [-0.25, -0.2) is 0 Å². The van der Waals surface area contributed by atoms with Crippen LogP contribution in [0.1, 0.15) is 6.92 Å². The number of benzene rings is 1. The van der Waals surface area contributed by atoms with Gasteiger partial charge in [0, 0.05) is 31.9 Å². The van der Waals surface area contributed by atoms with Gasteiger partial charge in [0.1, 0.15) is 0 Å². The molecule has 5 N–H and O–H groups in total. The first kappa shape index (κ1) is 17.6. The van der Waals surface area contributed by atoms with Crippen LogP contribution in [0.15, 0.2) is 18.2 Å². The molecule has 0 fully saturated rings. The van der Waals surface area contributed by atoms with E-state index in [-0.39, 0.29) is 0 Å². The predicted molar refractivity (Wildman–Crippen MR) is 88.6 cm³/mol. The molecule has 1 aromatic rings. The monoisotopic (exact) mass is 296 g/mol. The third kappa shape index (κ3) is 7.75. The highest BCUT2D eigenvalue weighted by molar-refractivity contribution is 5.70. The summed E-state index contributed by atoms with van der Waals surface area (Å²) in [6.45, 7) is 7.44. The van der Waals surface area contributed by atoms with Crippen LogP contribution in [-0.2, 0) is 9.47 Å². The van der Waals surface area contributed by atoms with Crippen molar-refractivity contribution in [1.82, 2.24) is 4.90 Å². The molecule has 6 heteroatoms.